The number of alkyl halides is 2. The minimum atomic E-state index is -0.545. The number of benzene rings is 1. The molecule has 2 aromatic rings. The van der Waals surface area contributed by atoms with Gasteiger partial charge in [0, 0.05) is 23.3 Å². The molecule has 1 atom stereocenters. The first kappa shape index (κ1) is 17.0. The Labute approximate surface area is 161 Å². The predicted octanol–water partition coefficient (Wildman–Crippen LogP) is 6.00. The van der Waals surface area contributed by atoms with Gasteiger partial charge in [0.25, 0.3) is 0 Å². The molecule has 2 fully saturated rings. The third-order valence-electron chi connectivity index (χ3n) is 4.84. The summed E-state index contributed by atoms with van der Waals surface area (Å²) in [5.41, 5.74) is 0.945. The number of rotatable bonds is 5. The first-order valence-corrected chi connectivity index (χ1v) is 10.4. The van der Waals surface area contributed by atoms with Crippen LogP contribution < -0.4 is 0 Å². The molecule has 0 spiro atoms. The van der Waals surface area contributed by atoms with Crippen LogP contribution in [0.3, 0.4) is 0 Å². The van der Waals surface area contributed by atoms with Gasteiger partial charge in [0.2, 0.25) is 0 Å². The summed E-state index contributed by atoms with van der Waals surface area (Å²) < 4.78 is 1.74. The molecular formula is C17H18Cl3N3S. The lowest BCUT2D eigenvalue weighted by atomic mass is 10.2. The van der Waals surface area contributed by atoms with Crippen molar-refractivity contribution in [3.8, 4) is 11.4 Å². The van der Waals surface area contributed by atoms with Crippen molar-refractivity contribution in [2.45, 2.75) is 47.6 Å². The van der Waals surface area contributed by atoms with Crippen molar-refractivity contribution in [1.82, 2.24) is 14.8 Å². The van der Waals surface area contributed by atoms with Crippen molar-refractivity contribution >= 4 is 46.6 Å². The second-order valence-corrected chi connectivity index (χ2v) is 9.50. The maximum Gasteiger partial charge on any atom is 0.191 e. The highest BCUT2D eigenvalue weighted by atomic mass is 35.5. The second kappa shape index (κ2) is 6.71. The summed E-state index contributed by atoms with van der Waals surface area (Å²) in [6.45, 7) is 0. The SMILES string of the molecule is Clc1ccccc1-c1nnc(SCC2CC2(Cl)Cl)n1C1CCCC1. The fraction of sp³-hybridized carbons (Fsp3) is 0.529. The maximum absolute atomic E-state index is 6.40. The van der Waals surface area contributed by atoms with Crippen LogP contribution in [0.4, 0.5) is 0 Å². The lowest BCUT2D eigenvalue weighted by molar-refractivity contribution is 0.485. The van der Waals surface area contributed by atoms with E-state index in [0.29, 0.717) is 17.0 Å². The number of thioether (sulfide) groups is 1. The fourth-order valence-corrected chi connectivity index (χ4v) is 5.47. The van der Waals surface area contributed by atoms with Gasteiger partial charge in [-0.05, 0) is 31.4 Å². The quantitative estimate of drug-likeness (QED) is 0.454. The van der Waals surface area contributed by atoms with E-state index in [4.69, 9.17) is 34.8 Å². The normalized spacial score (nSPS) is 22.9. The summed E-state index contributed by atoms with van der Waals surface area (Å²) in [6, 6.07) is 8.28. The van der Waals surface area contributed by atoms with Gasteiger partial charge in [-0.15, -0.1) is 33.4 Å². The number of halogens is 3. The van der Waals surface area contributed by atoms with Crippen LogP contribution in [0.15, 0.2) is 29.4 Å². The van der Waals surface area contributed by atoms with Gasteiger partial charge in [-0.3, -0.25) is 4.57 Å². The van der Waals surface area contributed by atoms with E-state index in [0.717, 1.165) is 28.7 Å². The summed E-state index contributed by atoms with van der Waals surface area (Å²) in [5.74, 6) is 2.08. The van der Waals surface area contributed by atoms with Crippen LogP contribution in [0, 0.1) is 5.92 Å². The Balaban J connectivity index is 1.65. The van der Waals surface area contributed by atoms with Gasteiger partial charge in [0.15, 0.2) is 11.0 Å². The van der Waals surface area contributed by atoms with Crippen LogP contribution in [-0.2, 0) is 0 Å². The highest BCUT2D eigenvalue weighted by Crippen LogP contribution is 2.55. The zero-order valence-electron chi connectivity index (χ0n) is 13.1. The molecule has 2 saturated carbocycles. The molecule has 3 nitrogen and oxygen atoms in total. The molecule has 1 heterocycles. The zero-order valence-corrected chi connectivity index (χ0v) is 16.2. The van der Waals surface area contributed by atoms with Crippen LogP contribution in [-0.4, -0.2) is 24.9 Å². The van der Waals surface area contributed by atoms with Gasteiger partial charge in [-0.1, -0.05) is 48.3 Å². The molecule has 0 radical (unpaired) electrons. The van der Waals surface area contributed by atoms with Crippen LogP contribution in [0.25, 0.3) is 11.4 Å². The van der Waals surface area contributed by atoms with Gasteiger partial charge < -0.3 is 0 Å². The molecule has 24 heavy (non-hydrogen) atoms. The lowest BCUT2D eigenvalue weighted by Gasteiger charge is -2.17. The van der Waals surface area contributed by atoms with E-state index in [2.05, 4.69) is 14.8 Å². The first-order valence-electron chi connectivity index (χ1n) is 8.26. The molecule has 0 saturated heterocycles. The van der Waals surface area contributed by atoms with Crippen molar-refractivity contribution < 1.29 is 0 Å². The van der Waals surface area contributed by atoms with E-state index in [1.54, 1.807) is 11.8 Å². The summed E-state index contributed by atoms with van der Waals surface area (Å²) in [5, 5.41) is 10.6. The molecule has 1 aromatic carbocycles. The Hall–Kier alpha value is -0.420. The molecule has 0 N–H and O–H groups in total. The molecule has 1 aromatic heterocycles. The van der Waals surface area contributed by atoms with Crippen molar-refractivity contribution in [2.24, 2.45) is 5.92 Å². The van der Waals surface area contributed by atoms with Crippen molar-refractivity contribution in [2.75, 3.05) is 5.75 Å². The molecule has 2 aliphatic carbocycles. The third-order valence-corrected chi connectivity index (χ3v) is 7.20. The highest BCUT2D eigenvalue weighted by Gasteiger charge is 2.51. The Morgan fingerprint density at radius 1 is 1.17 bits per heavy atom. The molecule has 2 aliphatic rings. The Morgan fingerprint density at radius 3 is 2.54 bits per heavy atom. The average Bonchev–Trinajstić information content (AvgIpc) is 2.98. The van der Waals surface area contributed by atoms with E-state index >= 15 is 0 Å². The number of hydrogen-bond donors (Lipinski definition) is 0. The minimum absolute atomic E-state index is 0.336. The van der Waals surface area contributed by atoms with Gasteiger partial charge in [0.05, 0.1) is 5.02 Å². The molecule has 7 heteroatoms. The topological polar surface area (TPSA) is 30.7 Å². The summed E-state index contributed by atoms with van der Waals surface area (Å²) in [4.78, 5) is 0. The standard InChI is InChI=1S/C17H18Cl3N3S/c18-14-8-4-3-7-13(14)15-21-22-16(23(15)12-5-1-2-6-12)24-10-11-9-17(11,19)20/h3-4,7-8,11-12H,1-2,5-6,9-10H2. The molecule has 0 aliphatic heterocycles. The summed E-state index contributed by atoms with van der Waals surface area (Å²) in [6.07, 6.45) is 5.70. The van der Waals surface area contributed by atoms with E-state index in [1.807, 2.05) is 24.3 Å². The Morgan fingerprint density at radius 2 is 1.88 bits per heavy atom. The molecule has 1 unspecified atom stereocenters. The number of hydrogen-bond acceptors (Lipinski definition) is 3. The molecule has 0 amide bonds. The molecule has 128 valence electrons. The maximum atomic E-state index is 6.40. The number of nitrogens with zero attached hydrogens (tertiary/aromatic N) is 3. The number of aromatic nitrogens is 3. The minimum Gasteiger partial charge on any atom is -0.299 e. The smallest absolute Gasteiger partial charge is 0.191 e. The van der Waals surface area contributed by atoms with E-state index in [1.165, 1.54) is 25.7 Å². The average molecular weight is 403 g/mol. The zero-order chi connectivity index (χ0) is 16.7. The Bertz CT molecular complexity index is 740. The lowest BCUT2D eigenvalue weighted by Crippen LogP contribution is -2.09. The third kappa shape index (κ3) is 3.31. The van der Waals surface area contributed by atoms with Gasteiger partial charge in [0.1, 0.15) is 4.33 Å². The van der Waals surface area contributed by atoms with Gasteiger partial charge in [-0.2, -0.15) is 0 Å². The Kier molecular flexibility index (Phi) is 4.76. The van der Waals surface area contributed by atoms with Crippen LogP contribution >= 0.6 is 46.6 Å². The van der Waals surface area contributed by atoms with E-state index in [9.17, 15) is 0 Å². The van der Waals surface area contributed by atoms with Crippen molar-refractivity contribution in [3.05, 3.63) is 29.3 Å². The van der Waals surface area contributed by atoms with E-state index in [-0.39, 0.29) is 0 Å². The van der Waals surface area contributed by atoms with Crippen LogP contribution in [0.1, 0.15) is 38.1 Å². The van der Waals surface area contributed by atoms with E-state index < -0.39 is 4.33 Å². The summed E-state index contributed by atoms with van der Waals surface area (Å²) >= 11 is 20.4. The second-order valence-electron chi connectivity index (χ2n) is 6.57. The molecule has 4 rings (SSSR count). The highest BCUT2D eigenvalue weighted by molar-refractivity contribution is 7.99. The monoisotopic (exact) mass is 401 g/mol. The predicted molar refractivity (Wildman–Crippen MR) is 101 cm³/mol. The summed E-state index contributed by atoms with van der Waals surface area (Å²) in [7, 11) is 0. The first-order chi connectivity index (χ1) is 11.6. The molecule has 0 bridgehead atoms. The molecular weight excluding hydrogens is 385 g/mol. The van der Waals surface area contributed by atoms with Crippen molar-refractivity contribution in [1.29, 1.82) is 0 Å². The van der Waals surface area contributed by atoms with Crippen LogP contribution in [0.5, 0.6) is 0 Å². The fourth-order valence-electron chi connectivity index (χ4n) is 3.32. The van der Waals surface area contributed by atoms with Crippen LogP contribution in [0.2, 0.25) is 5.02 Å². The largest absolute Gasteiger partial charge is 0.299 e. The van der Waals surface area contributed by atoms with Gasteiger partial charge >= 0.3 is 0 Å². The van der Waals surface area contributed by atoms with Gasteiger partial charge in [-0.25, -0.2) is 0 Å². The van der Waals surface area contributed by atoms with Crippen molar-refractivity contribution in [3.63, 3.8) is 0 Å².